The van der Waals surface area contributed by atoms with Gasteiger partial charge in [-0.05, 0) is 38.3 Å². The van der Waals surface area contributed by atoms with Crippen LogP contribution in [0.25, 0.3) is 11.2 Å². The van der Waals surface area contributed by atoms with Gasteiger partial charge in [0.05, 0.1) is 5.92 Å². The number of carboxylic acid groups (broad SMARTS) is 1. The average Bonchev–Trinajstić information content (AvgIpc) is 2.93. The summed E-state index contributed by atoms with van der Waals surface area (Å²) >= 11 is 0. The highest BCUT2D eigenvalue weighted by atomic mass is 16.4. The average molecular weight is 246 g/mol. The lowest BCUT2D eigenvalue weighted by Crippen LogP contribution is -2.09. The summed E-state index contributed by atoms with van der Waals surface area (Å²) in [5, 5.41) is 8.99. The van der Waals surface area contributed by atoms with Crippen LogP contribution in [0.4, 0.5) is 0 Å². The van der Waals surface area contributed by atoms with Crippen molar-refractivity contribution in [2.24, 2.45) is 5.92 Å². The highest BCUT2D eigenvalue weighted by Crippen LogP contribution is 2.38. The molecule has 94 valence electrons. The summed E-state index contributed by atoms with van der Waals surface area (Å²) in [6.45, 7) is 1.91. The fourth-order valence-corrected chi connectivity index (χ4v) is 2.53. The van der Waals surface area contributed by atoms with Gasteiger partial charge in [-0.25, -0.2) is 4.98 Å². The zero-order valence-corrected chi connectivity index (χ0v) is 10.1. The fraction of sp³-hybridized carbons (Fsp3) is 0.462. The first-order valence-electron chi connectivity index (χ1n) is 6.10. The molecule has 2 aromatic heterocycles. The number of carboxylic acids is 1. The lowest BCUT2D eigenvalue weighted by Gasteiger charge is -2.03. The molecule has 1 aliphatic carbocycles. The van der Waals surface area contributed by atoms with Crippen molar-refractivity contribution in [3.05, 3.63) is 23.7 Å². The summed E-state index contributed by atoms with van der Waals surface area (Å²) in [5.74, 6) is -0.241. The molecule has 1 saturated carbocycles. The smallest absolute Gasteiger partial charge is 0.306 e. The summed E-state index contributed by atoms with van der Waals surface area (Å²) in [6.07, 6.45) is 2.13. The SMILES string of the molecule is Cc1ccc2oc(C3CCC(C(=O)O)C3)nc2n1. The van der Waals surface area contributed by atoms with E-state index in [9.17, 15) is 4.79 Å². The van der Waals surface area contributed by atoms with E-state index < -0.39 is 5.97 Å². The van der Waals surface area contributed by atoms with E-state index in [1.165, 1.54) is 0 Å². The first-order valence-corrected chi connectivity index (χ1v) is 6.10. The van der Waals surface area contributed by atoms with Crippen LogP contribution in [0, 0.1) is 12.8 Å². The molecule has 3 rings (SSSR count). The topological polar surface area (TPSA) is 76.2 Å². The highest BCUT2D eigenvalue weighted by Gasteiger charge is 2.33. The van der Waals surface area contributed by atoms with Gasteiger partial charge >= 0.3 is 5.97 Å². The largest absolute Gasteiger partial charge is 0.481 e. The highest BCUT2D eigenvalue weighted by molar-refractivity contribution is 5.71. The number of fused-ring (bicyclic) bond motifs is 1. The van der Waals surface area contributed by atoms with Crippen LogP contribution in [0.5, 0.6) is 0 Å². The maximum atomic E-state index is 10.9. The first kappa shape index (κ1) is 11.2. The molecule has 5 heteroatoms. The van der Waals surface area contributed by atoms with Gasteiger partial charge in [-0.15, -0.1) is 0 Å². The van der Waals surface area contributed by atoms with Gasteiger partial charge in [0.15, 0.2) is 17.1 Å². The van der Waals surface area contributed by atoms with Crippen LogP contribution >= 0.6 is 0 Å². The first-order chi connectivity index (χ1) is 8.63. The Balaban J connectivity index is 1.89. The van der Waals surface area contributed by atoms with Crippen LogP contribution in [0.1, 0.15) is 36.8 Å². The third-order valence-electron chi connectivity index (χ3n) is 3.54. The van der Waals surface area contributed by atoms with Gasteiger partial charge in [-0.1, -0.05) is 0 Å². The lowest BCUT2D eigenvalue weighted by molar-refractivity contribution is -0.141. The van der Waals surface area contributed by atoms with Crippen molar-refractivity contribution in [2.75, 3.05) is 0 Å². The van der Waals surface area contributed by atoms with E-state index in [2.05, 4.69) is 9.97 Å². The second kappa shape index (κ2) is 4.08. The van der Waals surface area contributed by atoms with E-state index in [1.54, 1.807) is 0 Å². The molecule has 1 N–H and O–H groups in total. The Hall–Kier alpha value is -1.91. The molecule has 18 heavy (non-hydrogen) atoms. The summed E-state index contributed by atoms with van der Waals surface area (Å²) in [4.78, 5) is 19.6. The number of nitrogens with zero attached hydrogens (tertiary/aromatic N) is 2. The van der Waals surface area contributed by atoms with Crippen molar-refractivity contribution in [3.63, 3.8) is 0 Å². The molecule has 2 atom stereocenters. The molecule has 1 aliphatic rings. The molecular formula is C13H14N2O3. The number of aliphatic carboxylic acids is 1. The minimum Gasteiger partial charge on any atom is -0.481 e. The second-order valence-electron chi connectivity index (χ2n) is 4.87. The number of hydrogen-bond acceptors (Lipinski definition) is 4. The van der Waals surface area contributed by atoms with E-state index in [0.717, 1.165) is 12.1 Å². The maximum Gasteiger partial charge on any atom is 0.306 e. The molecule has 0 bridgehead atoms. The van der Waals surface area contributed by atoms with Crippen molar-refractivity contribution in [2.45, 2.75) is 32.1 Å². The molecule has 2 unspecified atom stereocenters. The van der Waals surface area contributed by atoms with E-state index in [-0.39, 0.29) is 11.8 Å². The van der Waals surface area contributed by atoms with E-state index in [0.29, 0.717) is 30.0 Å². The van der Waals surface area contributed by atoms with Gasteiger partial charge in [-0.3, -0.25) is 4.79 Å². The normalized spacial score (nSPS) is 23.6. The molecule has 2 aromatic rings. The van der Waals surface area contributed by atoms with Gasteiger partial charge in [-0.2, -0.15) is 4.98 Å². The van der Waals surface area contributed by atoms with Crippen LogP contribution in [0.2, 0.25) is 0 Å². The molecule has 0 amide bonds. The molecule has 2 heterocycles. The van der Waals surface area contributed by atoms with Gasteiger partial charge in [0.2, 0.25) is 0 Å². The minimum atomic E-state index is -0.720. The van der Waals surface area contributed by atoms with Crippen molar-refractivity contribution >= 4 is 17.2 Å². The van der Waals surface area contributed by atoms with Crippen molar-refractivity contribution in [1.29, 1.82) is 0 Å². The predicted octanol–water partition coefficient (Wildman–Crippen LogP) is 2.50. The number of hydrogen-bond donors (Lipinski definition) is 1. The Bertz CT molecular complexity index is 605. The maximum absolute atomic E-state index is 10.9. The predicted molar refractivity (Wildman–Crippen MR) is 64.3 cm³/mol. The Morgan fingerprint density at radius 1 is 1.39 bits per heavy atom. The van der Waals surface area contributed by atoms with Crippen LogP contribution in [0.3, 0.4) is 0 Å². The number of aromatic nitrogens is 2. The Morgan fingerprint density at radius 2 is 2.22 bits per heavy atom. The molecular weight excluding hydrogens is 232 g/mol. The van der Waals surface area contributed by atoms with E-state index >= 15 is 0 Å². The monoisotopic (exact) mass is 246 g/mol. The molecule has 0 aromatic carbocycles. The van der Waals surface area contributed by atoms with Gasteiger partial charge in [0.25, 0.3) is 0 Å². The van der Waals surface area contributed by atoms with E-state index in [1.807, 2.05) is 19.1 Å². The number of rotatable bonds is 2. The second-order valence-corrected chi connectivity index (χ2v) is 4.87. The molecule has 5 nitrogen and oxygen atoms in total. The zero-order valence-electron chi connectivity index (χ0n) is 10.1. The van der Waals surface area contributed by atoms with Crippen molar-refractivity contribution in [1.82, 2.24) is 9.97 Å². The fourth-order valence-electron chi connectivity index (χ4n) is 2.53. The molecule has 1 fully saturated rings. The van der Waals surface area contributed by atoms with Gasteiger partial charge in [0, 0.05) is 11.6 Å². The van der Waals surface area contributed by atoms with Crippen LogP contribution in [0.15, 0.2) is 16.5 Å². The third-order valence-corrected chi connectivity index (χ3v) is 3.54. The number of carbonyl (C=O) groups is 1. The Labute approximate surface area is 104 Å². The molecule has 0 aliphatic heterocycles. The summed E-state index contributed by atoms with van der Waals surface area (Å²) in [6, 6.07) is 3.74. The molecule has 0 spiro atoms. The van der Waals surface area contributed by atoms with Crippen LogP contribution in [-0.4, -0.2) is 21.0 Å². The van der Waals surface area contributed by atoms with Crippen molar-refractivity contribution < 1.29 is 14.3 Å². The van der Waals surface area contributed by atoms with Crippen LogP contribution < -0.4 is 0 Å². The number of aryl methyl sites for hydroxylation is 1. The Morgan fingerprint density at radius 3 is 2.94 bits per heavy atom. The number of oxazole rings is 1. The lowest BCUT2D eigenvalue weighted by atomic mass is 10.1. The standard InChI is InChI=1S/C13H14N2O3/c1-7-2-5-10-11(14-7)15-12(18-10)8-3-4-9(6-8)13(16)17/h2,5,8-9H,3-4,6H2,1H3,(H,16,17). The molecule has 0 radical (unpaired) electrons. The summed E-state index contributed by atoms with van der Waals surface area (Å²) in [5.41, 5.74) is 2.19. The van der Waals surface area contributed by atoms with Gasteiger partial charge in [0.1, 0.15) is 0 Å². The Kier molecular flexibility index (Phi) is 2.54. The minimum absolute atomic E-state index is 0.112. The van der Waals surface area contributed by atoms with E-state index in [4.69, 9.17) is 9.52 Å². The zero-order chi connectivity index (χ0) is 12.7. The van der Waals surface area contributed by atoms with Crippen LogP contribution in [-0.2, 0) is 4.79 Å². The number of pyridine rings is 1. The third kappa shape index (κ3) is 1.85. The summed E-state index contributed by atoms with van der Waals surface area (Å²) in [7, 11) is 0. The van der Waals surface area contributed by atoms with Crippen molar-refractivity contribution in [3.8, 4) is 0 Å². The van der Waals surface area contributed by atoms with Gasteiger partial charge < -0.3 is 9.52 Å². The molecule has 0 saturated heterocycles. The summed E-state index contributed by atoms with van der Waals surface area (Å²) < 4.78 is 5.67. The quantitative estimate of drug-likeness (QED) is 0.880.